The minimum Gasteiger partial charge on any atom is -0.494 e. The number of aryl methyl sites for hydroxylation is 1. The van der Waals surface area contributed by atoms with Crippen LogP contribution in [0.25, 0.3) is 5.70 Å². The number of nitrogens with two attached hydrogens (primary N) is 3. The second-order valence-electron chi connectivity index (χ2n) is 9.10. The molecule has 0 unspecified atom stereocenters. The van der Waals surface area contributed by atoms with E-state index in [2.05, 4.69) is 15.6 Å². The lowest BCUT2D eigenvalue weighted by molar-refractivity contribution is -0.0281. The van der Waals surface area contributed by atoms with Crippen molar-refractivity contribution in [2.75, 3.05) is 29.8 Å². The smallest absolute Gasteiger partial charge is 0.301 e. The maximum absolute atomic E-state index is 14.4. The van der Waals surface area contributed by atoms with E-state index in [1.807, 2.05) is 13.8 Å². The number of nitrogen functional groups attached to an aromatic ring is 1. The molecule has 0 saturated heterocycles. The molecule has 0 fully saturated rings. The molecule has 39 heavy (non-hydrogen) atoms. The summed E-state index contributed by atoms with van der Waals surface area (Å²) in [5.74, 6) is 2.05. The van der Waals surface area contributed by atoms with Crippen molar-refractivity contribution in [3.63, 3.8) is 0 Å². The number of nitrogens with zero attached hydrogens (tertiary/aromatic N) is 2. The quantitative estimate of drug-likeness (QED) is 0.170. The van der Waals surface area contributed by atoms with Crippen molar-refractivity contribution in [2.45, 2.75) is 39.3 Å². The third-order valence-corrected chi connectivity index (χ3v) is 6.62. The van der Waals surface area contributed by atoms with Crippen LogP contribution in [0.4, 0.5) is 29.7 Å². The fourth-order valence-corrected chi connectivity index (χ4v) is 4.29. The van der Waals surface area contributed by atoms with E-state index in [-0.39, 0.29) is 29.6 Å². The highest BCUT2D eigenvalue weighted by atomic mass is 32.1. The van der Waals surface area contributed by atoms with Crippen LogP contribution in [0.5, 0.6) is 5.75 Å². The first kappa shape index (κ1) is 29.7. The molecule has 3 rings (SSSR count). The summed E-state index contributed by atoms with van der Waals surface area (Å²) in [5.41, 5.74) is 13.2. The summed E-state index contributed by atoms with van der Waals surface area (Å²) in [7, 11) is 1.36. The largest absolute Gasteiger partial charge is 0.494 e. The lowest BCUT2D eigenvalue weighted by Crippen LogP contribution is -2.27. The van der Waals surface area contributed by atoms with Crippen molar-refractivity contribution in [3.8, 4) is 5.75 Å². The van der Waals surface area contributed by atoms with Gasteiger partial charge in [-0.3, -0.25) is 9.80 Å². The number of ether oxygens (including phenoxy) is 1. The number of anilines is 3. The van der Waals surface area contributed by atoms with E-state index >= 15 is 0 Å². The van der Waals surface area contributed by atoms with Crippen LogP contribution in [-0.2, 0) is 12.5 Å². The number of methoxy groups -OCH3 is 1. The molecule has 1 aromatic heterocycles. The number of rotatable bonds is 11. The standard InChI is InChI=1S/C26H32F3N7O2S/c1-14(2)33-10-17-7-18(26(28,29)13-27)9-20(23(17)38-4)35-24(37)16-6-5-15(3)21(8-16)36(32)12-19(30)22-11-34-25(31)39-22/h5-9,11-12,14,33H,10,13,30,32H2,1-4H3,(H2,31,34)(H,35,37)/b19-12-. The van der Waals surface area contributed by atoms with Crippen LogP contribution < -0.4 is 37.7 Å². The zero-order valence-electron chi connectivity index (χ0n) is 22.0. The molecule has 8 N–H and O–H groups in total. The van der Waals surface area contributed by atoms with Gasteiger partial charge < -0.3 is 26.8 Å². The third-order valence-electron chi connectivity index (χ3n) is 5.74. The minimum atomic E-state index is -3.75. The number of aromatic nitrogens is 1. The SMILES string of the molecule is COc1c(CNC(C)C)cc(C(F)(F)CF)cc1NC(=O)c1ccc(C)c(N(N)/C=C(\N)c2cnc(N)s2)c1. The van der Waals surface area contributed by atoms with E-state index in [0.29, 0.717) is 27.0 Å². The van der Waals surface area contributed by atoms with Gasteiger partial charge in [-0.1, -0.05) is 31.3 Å². The Labute approximate surface area is 228 Å². The first-order valence-corrected chi connectivity index (χ1v) is 12.7. The predicted molar refractivity (Wildman–Crippen MR) is 149 cm³/mol. The summed E-state index contributed by atoms with van der Waals surface area (Å²) in [5, 5.41) is 7.37. The molecule has 2 aromatic carbocycles. The summed E-state index contributed by atoms with van der Waals surface area (Å²) < 4.78 is 47.4. The fourth-order valence-electron chi connectivity index (χ4n) is 3.68. The molecule has 9 nitrogen and oxygen atoms in total. The topological polar surface area (TPSA) is 145 Å². The van der Waals surface area contributed by atoms with Gasteiger partial charge in [-0.25, -0.2) is 15.2 Å². The van der Waals surface area contributed by atoms with Gasteiger partial charge in [-0.2, -0.15) is 8.78 Å². The summed E-state index contributed by atoms with van der Waals surface area (Å²) in [6.07, 6.45) is 2.99. The molecule has 0 bridgehead atoms. The van der Waals surface area contributed by atoms with Gasteiger partial charge in [0.2, 0.25) is 0 Å². The second-order valence-corrected chi connectivity index (χ2v) is 10.2. The molecule has 0 saturated carbocycles. The lowest BCUT2D eigenvalue weighted by atomic mass is 10.0. The lowest BCUT2D eigenvalue weighted by Gasteiger charge is -2.21. The van der Waals surface area contributed by atoms with Crippen molar-refractivity contribution in [3.05, 3.63) is 69.9 Å². The maximum Gasteiger partial charge on any atom is 0.301 e. The molecule has 0 atom stereocenters. The van der Waals surface area contributed by atoms with Gasteiger partial charge in [0, 0.05) is 41.7 Å². The van der Waals surface area contributed by atoms with E-state index in [4.69, 9.17) is 22.0 Å². The van der Waals surface area contributed by atoms with Gasteiger partial charge in [0.05, 0.1) is 29.1 Å². The third kappa shape index (κ3) is 7.19. The summed E-state index contributed by atoms with van der Waals surface area (Å²) in [6.45, 7) is 3.85. The molecular formula is C26H32F3N7O2S. The molecule has 13 heteroatoms. The van der Waals surface area contributed by atoms with E-state index in [0.717, 1.165) is 11.6 Å². The van der Waals surface area contributed by atoms with Crippen LogP contribution in [0.1, 0.15) is 45.8 Å². The molecular weight excluding hydrogens is 531 g/mol. The number of carbonyl (C=O) groups is 1. The highest BCUT2D eigenvalue weighted by molar-refractivity contribution is 7.16. The highest BCUT2D eigenvalue weighted by Crippen LogP contribution is 2.38. The number of amides is 1. The van der Waals surface area contributed by atoms with Crippen LogP contribution in [0.2, 0.25) is 0 Å². The Hall–Kier alpha value is -3.81. The Morgan fingerprint density at radius 2 is 2.00 bits per heavy atom. The van der Waals surface area contributed by atoms with Gasteiger partial charge in [-0.15, -0.1) is 0 Å². The predicted octanol–water partition coefficient (Wildman–Crippen LogP) is 4.49. The van der Waals surface area contributed by atoms with Gasteiger partial charge in [0.15, 0.2) is 11.8 Å². The monoisotopic (exact) mass is 563 g/mol. The first-order valence-electron chi connectivity index (χ1n) is 11.9. The molecule has 1 heterocycles. The van der Waals surface area contributed by atoms with E-state index in [1.54, 1.807) is 19.1 Å². The molecule has 210 valence electrons. The number of hydrazine groups is 1. The summed E-state index contributed by atoms with van der Waals surface area (Å²) in [4.78, 5) is 17.8. The van der Waals surface area contributed by atoms with Crippen molar-refractivity contribution in [2.24, 2.45) is 11.6 Å². The molecule has 3 aromatic rings. The van der Waals surface area contributed by atoms with Crippen molar-refractivity contribution in [1.29, 1.82) is 0 Å². The average molecular weight is 564 g/mol. The van der Waals surface area contributed by atoms with Crippen LogP contribution >= 0.6 is 11.3 Å². The molecule has 1 amide bonds. The number of carbonyl (C=O) groups excluding carboxylic acids is 1. The van der Waals surface area contributed by atoms with E-state index in [1.165, 1.54) is 48.0 Å². The zero-order valence-corrected chi connectivity index (χ0v) is 22.8. The number of alkyl halides is 3. The highest BCUT2D eigenvalue weighted by Gasteiger charge is 2.33. The zero-order chi connectivity index (χ0) is 28.9. The summed E-state index contributed by atoms with van der Waals surface area (Å²) >= 11 is 1.19. The number of thiazole rings is 1. The summed E-state index contributed by atoms with van der Waals surface area (Å²) in [6, 6.07) is 7.01. The number of benzene rings is 2. The van der Waals surface area contributed by atoms with Crippen molar-refractivity contribution in [1.82, 2.24) is 10.3 Å². The Bertz CT molecular complexity index is 1360. The Morgan fingerprint density at radius 3 is 2.59 bits per heavy atom. The Morgan fingerprint density at radius 1 is 1.28 bits per heavy atom. The molecule has 0 aliphatic heterocycles. The van der Waals surface area contributed by atoms with E-state index in [9.17, 15) is 18.0 Å². The van der Waals surface area contributed by atoms with Crippen LogP contribution in [0.3, 0.4) is 0 Å². The van der Waals surface area contributed by atoms with Gasteiger partial charge >= 0.3 is 5.92 Å². The van der Waals surface area contributed by atoms with Crippen LogP contribution in [0.15, 0.2) is 42.7 Å². The first-order chi connectivity index (χ1) is 18.4. The number of halogens is 3. The van der Waals surface area contributed by atoms with Crippen LogP contribution in [0, 0.1) is 6.92 Å². The fraction of sp³-hybridized carbons (Fsp3) is 0.308. The Kier molecular flexibility index (Phi) is 9.43. The Balaban J connectivity index is 1.96. The van der Waals surface area contributed by atoms with Gasteiger partial charge in [0.1, 0.15) is 5.75 Å². The molecule has 0 spiro atoms. The second kappa shape index (κ2) is 12.4. The number of hydrogen-bond donors (Lipinski definition) is 5. The van der Waals surface area contributed by atoms with Gasteiger partial charge in [0.25, 0.3) is 5.91 Å². The minimum absolute atomic E-state index is 0.0210. The number of hydrogen-bond acceptors (Lipinski definition) is 9. The maximum atomic E-state index is 14.4. The molecule has 0 aliphatic rings. The molecule has 0 radical (unpaired) electrons. The van der Waals surface area contributed by atoms with Gasteiger partial charge in [-0.05, 0) is 36.8 Å². The van der Waals surface area contributed by atoms with E-state index < -0.39 is 24.1 Å². The normalized spacial score (nSPS) is 12.1. The number of nitrogens with one attached hydrogen (secondary N) is 2. The average Bonchev–Trinajstić information content (AvgIpc) is 3.33. The van der Waals surface area contributed by atoms with Crippen molar-refractivity contribution >= 4 is 39.4 Å². The van der Waals surface area contributed by atoms with Crippen molar-refractivity contribution < 1.29 is 22.7 Å². The molecule has 0 aliphatic carbocycles. The van der Waals surface area contributed by atoms with Crippen LogP contribution in [-0.4, -0.2) is 30.7 Å².